The molecule has 13 heteroatoms. The molecule has 214 valence electrons. The minimum Gasteiger partial charge on any atom is -0.372 e. The third-order valence-corrected chi connectivity index (χ3v) is 8.23. The molecule has 2 fully saturated rings. The van der Waals surface area contributed by atoms with Gasteiger partial charge >= 0.3 is 5.76 Å². The van der Waals surface area contributed by atoms with E-state index in [9.17, 15) is 22.0 Å². The number of halogens is 2. The van der Waals surface area contributed by atoms with Crippen molar-refractivity contribution in [1.82, 2.24) is 25.0 Å². The molecule has 0 unspecified atom stereocenters. The number of anilines is 1. The van der Waals surface area contributed by atoms with Crippen molar-refractivity contribution in [3.05, 3.63) is 48.3 Å². The van der Waals surface area contributed by atoms with Crippen LogP contribution in [0.1, 0.15) is 38.8 Å². The number of nitrogens with one attached hydrogen (secondary N) is 2. The molecule has 4 heterocycles. The Morgan fingerprint density at radius 1 is 1.07 bits per heavy atom. The summed E-state index contributed by atoms with van der Waals surface area (Å²) in [4.78, 5) is 28.9. The van der Waals surface area contributed by atoms with E-state index < -0.39 is 27.9 Å². The summed E-state index contributed by atoms with van der Waals surface area (Å²) in [5.74, 6) is -3.04. The van der Waals surface area contributed by atoms with Crippen molar-refractivity contribution in [1.29, 1.82) is 0 Å². The summed E-state index contributed by atoms with van der Waals surface area (Å²) < 4.78 is 56.6. The Balaban J connectivity index is 1.29. The quantitative estimate of drug-likeness (QED) is 0.421. The third-order valence-electron chi connectivity index (χ3n) is 7.12. The second-order valence-corrected chi connectivity index (χ2v) is 12.1. The number of hydrogen-bond acceptors (Lipinski definition) is 8. The van der Waals surface area contributed by atoms with Gasteiger partial charge in [0, 0.05) is 36.8 Å². The van der Waals surface area contributed by atoms with Crippen LogP contribution in [-0.4, -0.2) is 72.4 Å². The number of morpholine rings is 1. The Bertz CT molecular complexity index is 1480. The van der Waals surface area contributed by atoms with E-state index in [1.807, 2.05) is 48.9 Å². The minimum absolute atomic E-state index is 0.0617. The van der Waals surface area contributed by atoms with Gasteiger partial charge in [0.25, 0.3) is 10.0 Å². The Morgan fingerprint density at radius 2 is 1.80 bits per heavy atom. The van der Waals surface area contributed by atoms with Crippen LogP contribution < -0.4 is 14.9 Å². The molecular weight excluding hydrogens is 542 g/mol. The standard InChI is InChI=1S/C27H32F2N6O4S/c1-16-14-35(15-17(2)39-16)25-8-4-6-20(32-25)22-10-9-18-13-30-19(11-24(18)31-22)12-26(36)33-21-5-3-7-23(21)34-40(37,38)27(28)29/h4,6,8-11,13,16-17,21,23,27,34H,3,5,7,12,14-15H2,1-2H3,(H,33,36)/t16-,17+,21-,23+/m1/s1. The lowest BCUT2D eigenvalue weighted by atomic mass is 10.1. The van der Waals surface area contributed by atoms with Gasteiger partial charge in [-0.3, -0.25) is 9.78 Å². The highest BCUT2D eigenvalue weighted by Gasteiger charge is 2.35. The lowest BCUT2D eigenvalue weighted by Crippen LogP contribution is -2.50. The van der Waals surface area contributed by atoms with E-state index in [1.54, 1.807) is 12.3 Å². The first kappa shape index (κ1) is 28.2. The SMILES string of the molecule is C[C@@H]1CN(c2cccc(-c3ccc4cnc(CC(=O)N[C@@H]5CCC[C@@H]5NS(=O)(=O)C(F)F)cc4n3)n2)C[C@H](C)O1. The molecular formula is C27H32F2N6O4S. The highest BCUT2D eigenvalue weighted by atomic mass is 32.2. The summed E-state index contributed by atoms with van der Waals surface area (Å²) in [6, 6.07) is 10.0. The normalized spacial score (nSPS) is 23.6. The Kier molecular flexibility index (Phi) is 8.24. The molecule has 2 aliphatic rings. The fourth-order valence-electron chi connectivity index (χ4n) is 5.36. The minimum atomic E-state index is -4.74. The molecule has 3 aromatic rings. The first-order chi connectivity index (χ1) is 19.1. The zero-order valence-electron chi connectivity index (χ0n) is 22.3. The number of amides is 1. The molecule has 1 amide bonds. The van der Waals surface area contributed by atoms with Crippen molar-refractivity contribution in [2.75, 3.05) is 18.0 Å². The summed E-state index contributed by atoms with van der Waals surface area (Å²) in [5, 5.41) is 3.58. The van der Waals surface area contributed by atoms with E-state index in [4.69, 9.17) is 14.7 Å². The van der Waals surface area contributed by atoms with Crippen LogP contribution in [0.4, 0.5) is 14.6 Å². The average molecular weight is 575 g/mol. The Labute approximate surface area is 231 Å². The summed E-state index contributed by atoms with van der Waals surface area (Å²) in [6.07, 6.45) is 3.28. The van der Waals surface area contributed by atoms with Gasteiger partial charge in [0.1, 0.15) is 5.82 Å². The van der Waals surface area contributed by atoms with Gasteiger partial charge in [-0.05, 0) is 63.4 Å². The largest absolute Gasteiger partial charge is 0.372 e. The number of ether oxygens (including phenoxy) is 1. The molecule has 10 nitrogen and oxygen atoms in total. The van der Waals surface area contributed by atoms with Crippen LogP contribution in [0.5, 0.6) is 0 Å². The molecule has 1 saturated carbocycles. The lowest BCUT2D eigenvalue weighted by molar-refractivity contribution is -0.121. The van der Waals surface area contributed by atoms with Gasteiger partial charge < -0.3 is 15.0 Å². The van der Waals surface area contributed by atoms with Crippen LogP contribution in [0.3, 0.4) is 0 Å². The second-order valence-electron chi connectivity index (χ2n) is 10.4. The number of aromatic nitrogens is 3. The summed E-state index contributed by atoms with van der Waals surface area (Å²) in [6.45, 7) is 5.60. The molecule has 2 N–H and O–H groups in total. The molecule has 3 aromatic heterocycles. The summed E-state index contributed by atoms with van der Waals surface area (Å²) in [5.41, 5.74) is 2.54. The first-order valence-corrected chi connectivity index (χ1v) is 14.8. The molecule has 40 heavy (non-hydrogen) atoms. The molecule has 4 atom stereocenters. The molecule has 1 saturated heterocycles. The number of alkyl halides is 2. The van der Waals surface area contributed by atoms with Crippen molar-refractivity contribution in [2.45, 2.75) is 69.6 Å². The van der Waals surface area contributed by atoms with Gasteiger partial charge in [0.05, 0.1) is 41.2 Å². The van der Waals surface area contributed by atoms with Crippen LogP contribution in [0, 0.1) is 0 Å². The summed E-state index contributed by atoms with van der Waals surface area (Å²) in [7, 11) is -4.74. The van der Waals surface area contributed by atoms with Crippen molar-refractivity contribution in [3.8, 4) is 11.4 Å². The fourth-order valence-corrected chi connectivity index (χ4v) is 6.17. The zero-order chi connectivity index (χ0) is 28.4. The molecule has 0 spiro atoms. The van der Waals surface area contributed by atoms with Gasteiger partial charge in [-0.1, -0.05) is 6.07 Å². The molecule has 0 aromatic carbocycles. The van der Waals surface area contributed by atoms with Crippen LogP contribution in [-0.2, 0) is 26.0 Å². The predicted molar refractivity (Wildman–Crippen MR) is 146 cm³/mol. The van der Waals surface area contributed by atoms with Gasteiger partial charge in [-0.25, -0.2) is 23.1 Å². The van der Waals surface area contributed by atoms with Crippen molar-refractivity contribution in [3.63, 3.8) is 0 Å². The van der Waals surface area contributed by atoms with Crippen LogP contribution in [0.2, 0.25) is 0 Å². The number of sulfonamides is 1. The van der Waals surface area contributed by atoms with Crippen LogP contribution in [0.15, 0.2) is 42.6 Å². The van der Waals surface area contributed by atoms with Crippen LogP contribution in [0.25, 0.3) is 22.3 Å². The number of hydrogen-bond donors (Lipinski definition) is 2. The van der Waals surface area contributed by atoms with Gasteiger partial charge in [-0.2, -0.15) is 8.78 Å². The van der Waals surface area contributed by atoms with Gasteiger partial charge in [-0.15, -0.1) is 0 Å². The molecule has 0 radical (unpaired) electrons. The first-order valence-electron chi connectivity index (χ1n) is 13.3. The highest BCUT2D eigenvalue weighted by Crippen LogP contribution is 2.25. The van der Waals surface area contributed by atoms with E-state index in [2.05, 4.69) is 15.2 Å². The number of carbonyl (C=O) groups is 1. The Morgan fingerprint density at radius 3 is 2.55 bits per heavy atom. The number of fused-ring (bicyclic) bond motifs is 1. The fraction of sp³-hybridized carbons (Fsp3) is 0.481. The maximum absolute atomic E-state index is 12.8. The topological polar surface area (TPSA) is 126 Å². The van der Waals surface area contributed by atoms with Crippen molar-refractivity contribution >= 4 is 32.7 Å². The van der Waals surface area contributed by atoms with E-state index in [-0.39, 0.29) is 24.5 Å². The maximum Gasteiger partial charge on any atom is 0.350 e. The number of nitrogens with zero attached hydrogens (tertiary/aromatic N) is 4. The maximum atomic E-state index is 12.8. The second kappa shape index (κ2) is 11.7. The van der Waals surface area contributed by atoms with Crippen molar-refractivity contribution < 1.29 is 26.7 Å². The average Bonchev–Trinajstić information content (AvgIpc) is 3.33. The van der Waals surface area contributed by atoms with E-state index >= 15 is 0 Å². The third kappa shape index (κ3) is 6.53. The predicted octanol–water partition coefficient (Wildman–Crippen LogP) is 3.03. The molecule has 1 aliphatic heterocycles. The van der Waals surface area contributed by atoms with Gasteiger partial charge in [0.15, 0.2) is 0 Å². The molecule has 5 rings (SSSR count). The zero-order valence-corrected chi connectivity index (χ0v) is 23.1. The highest BCUT2D eigenvalue weighted by molar-refractivity contribution is 7.89. The molecule has 1 aliphatic carbocycles. The smallest absolute Gasteiger partial charge is 0.350 e. The number of carbonyl (C=O) groups excluding carboxylic acids is 1. The van der Waals surface area contributed by atoms with Crippen LogP contribution >= 0.6 is 0 Å². The van der Waals surface area contributed by atoms with Crippen molar-refractivity contribution in [2.24, 2.45) is 0 Å². The number of rotatable bonds is 8. The van der Waals surface area contributed by atoms with E-state index in [0.717, 1.165) is 30.0 Å². The monoisotopic (exact) mass is 574 g/mol. The summed E-state index contributed by atoms with van der Waals surface area (Å²) >= 11 is 0. The number of pyridine rings is 3. The molecule has 0 bridgehead atoms. The van der Waals surface area contributed by atoms with E-state index in [0.29, 0.717) is 36.2 Å². The van der Waals surface area contributed by atoms with Gasteiger partial charge in [0.2, 0.25) is 5.91 Å². The van der Waals surface area contributed by atoms with E-state index in [1.165, 1.54) is 0 Å². The lowest BCUT2D eigenvalue weighted by Gasteiger charge is -2.36. The Hall–Kier alpha value is -3.29.